The summed E-state index contributed by atoms with van der Waals surface area (Å²) in [5.41, 5.74) is 1.63. The molecule has 0 unspecified atom stereocenters. The Kier molecular flexibility index (Phi) is 3.62. The second kappa shape index (κ2) is 5.43. The summed E-state index contributed by atoms with van der Waals surface area (Å²) in [4.78, 5) is 14.6. The van der Waals surface area contributed by atoms with Crippen LogP contribution in [-0.4, -0.2) is 31.0 Å². The zero-order valence-corrected chi connectivity index (χ0v) is 12.8. The molecule has 1 aromatic carbocycles. The first-order chi connectivity index (χ1) is 10.1. The van der Waals surface area contributed by atoms with Gasteiger partial charge in [0.05, 0.1) is 7.11 Å². The molecule has 3 rings (SSSR count). The third kappa shape index (κ3) is 2.50. The van der Waals surface area contributed by atoms with Crippen LogP contribution in [0.15, 0.2) is 22.6 Å². The van der Waals surface area contributed by atoms with Gasteiger partial charge in [0.2, 0.25) is 0 Å². The average molecular weight is 287 g/mol. The number of rotatable bonds is 2. The number of ether oxygens (including phenoxy) is 1. The molecule has 2 heterocycles. The van der Waals surface area contributed by atoms with E-state index in [1.165, 1.54) is 0 Å². The molecule has 1 fully saturated rings. The van der Waals surface area contributed by atoms with Crippen LogP contribution >= 0.6 is 0 Å². The summed E-state index contributed by atoms with van der Waals surface area (Å²) in [5.74, 6) is 1.95. The zero-order valence-electron chi connectivity index (χ0n) is 12.8. The van der Waals surface area contributed by atoms with Crippen LogP contribution in [0.1, 0.15) is 35.9 Å². The van der Waals surface area contributed by atoms with E-state index in [1.54, 1.807) is 7.11 Å². The summed E-state index contributed by atoms with van der Waals surface area (Å²) in [5, 5.41) is 0.947. The van der Waals surface area contributed by atoms with Crippen molar-refractivity contribution in [3.8, 4) is 5.75 Å². The summed E-state index contributed by atoms with van der Waals surface area (Å²) in [6.45, 7) is 5.81. The van der Waals surface area contributed by atoms with E-state index < -0.39 is 0 Å². The Labute approximate surface area is 124 Å². The fourth-order valence-electron chi connectivity index (χ4n) is 2.89. The van der Waals surface area contributed by atoms with Crippen LogP contribution in [0.3, 0.4) is 0 Å². The van der Waals surface area contributed by atoms with Crippen molar-refractivity contribution in [3.05, 3.63) is 29.5 Å². The second-order valence-corrected chi connectivity index (χ2v) is 5.89. The molecule has 1 aliphatic heterocycles. The van der Waals surface area contributed by atoms with Gasteiger partial charge in [-0.2, -0.15) is 0 Å². The van der Waals surface area contributed by atoms with Crippen molar-refractivity contribution in [2.45, 2.75) is 26.7 Å². The lowest BCUT2D eigenvalue weighted by Gasteiger charge is -2.29. The minimum Gasteiger partial charge on any atom is -0.497 e. The van der Waals surface area contributed by atoms with E-state index in [1.807, 2.05) is 30.0 Å². The number of benzene rings is 1. The Bertz CT molecular complexity index is 666. The number of furan rings is 1. The molecule has 2 aromatic rings. The molecule has 4 nitrogen and oxygen atoms in total. The molecule has 21 heavy (non-hydrogen) atoms. The van der Waals surface area contributed by atoms with Gasteiger partial charge in [-0.25, -0.2) is 0 Å². The maximum Gasteiger partial charge on any atom is 0.289 e. The standard InChI is InChI=1S/C17H21NO3/c1-11-6-8-18(9-7-11)17(19)16-12(2)14-10-13(20-3)4-5-15(14)21-16/h4-5,10-11H,6-9H2,1-3H3. The van der Waals surface area contributed by atoms with E-state index in [4.69, 9.17) is 9.15 Å². The Hall–Kier alpha value is -1.97. The number of methoxy groups -OCH3 is 1. The van der Waals surface area contributed by atoms with Crippen LogP contribution in [0.5, 0.6) is 5.75 Å². The smallest absolute Gasteiger partial charge is 0.289 e. The average Bonchev–Trinajstić information content (AvgIpc) is 2.84. The lowest BCUT2D eigenvalue weighted by Crippen LogP contribution is -2.38. The highest BCUT2D eigenvalue weighted by atomic mass is 16.5. The minimum atomic E-state index is 0.00886. The lowest BCUT2D eigenvalue weighted by atomic mass is 9.99. The quantitative estimate of drug-likeness (QED) is 0.847. The molecule has 1 saturated heterocycles. The van der Waals surface area contributed by atoms with E-state index in [2.05, 4.69) is 6.92 Å². The van der Waals surface area contributed by atoms with E-state index in [0.29, 0.717) is 11.7 Å². The first kappa shape index (κ1) is 14.0. The van der Waals surface area contributed by atoms with E-state index in [-0.39, 0.29) is 5.91 Å². The van der Waals surface area contributed by atoms with Crippen LogP contribution in [0.25, 0.3) is 11.0 Å². The molecular weight excluding hydrogens is 266 g/mol. The Balaban J connectivity index is 1.93. The highest BCUT2D eigenvalue weighted by molar-refractivity contribution is 5.99. The molecular formula is C17H21NO3. The normalized spacial score (nSPS) is 16.4. The van der Waals surface area contributed by atoms with Crippen molar-refractivity contribution in [2.24, 2.45) is 5.92 Å². The molecule has 0 N–H and O–H groups in total. The Morgan fingerprint density at radius 3 is 2.71 bits per heavy atom. The van der Waals surface area contributed by atoms with Gasteiger partial charge < -0.3 is 14.1 Å². The van der Waals surface area contributed by atoms with E-state index in [0.717, 1.165) is 48.2 Å². The van der Waals surface area contributed by atoms with Crippen molar-refractivity contribution in [3.63, 3.8) is 0 Å². The molecule has 4 heteroatoms. The summed E-state index contributed by atoms with van der Waals surface area (Å²) < 4.78 is 11.0. The van der Waals surface area contributed by atoms with E-state index >= 15 is 0 Å². The number of amides is 1. The maximum atomic E-state index is 12.7. The molecule has 1 amide bonds. The monoisotopic (exact) mass is 287 g/mol. The summed E-state index contributed by atoms with van der Waals surface area (Å²) in [6.07, 6.45) is 2.14. The predicted molar refractivity (Wildman–Crippen MR) is 81.8 cm³/mol. The van der Waals surface area contributed by atoms with Gasteiger partial charge in [-0.15, -0.1) is 0 Å². The van der Waals surface area contributed by atoms with Gasteiger partial charge in [0.15, 0.2) is 5.76 Å². The van der Waals surface area contributed by atoms with Crippen LogP contribution < -0.4 is 4.74 Å². The van der Waals surface area contributed by atoms with Gasteiger partial charge >= 0.3 is 0 Å². The number of piperidine rings is 1. The lowest BCUT2D eigenvalue weighted by molar-refractivity contribution is 0.0666. The number of nitrogens with zero attached hydrogens (tertiary/aromatic N) is 1. The third-order valence-electron chi connectivity index (χ3n) is 4.41. The fourth-order valence-corrected chi connectivity index (χ4v) is 2.89. The Morgan fingerprint density at radius 2 is 2.05 bits per heavy atom. The molecule has 0 atom stereocenters. The molecule has 0 saturated carbocycles. The topological polar surface area (TPSA) is 42.7 Å². The fraction of sp³-hybridized carbons (Fsp3) is 0.471. The second-order valence-electron chi connectivity index (χ2n) is 5.89. The van der Waals surface area contributed by atoms with Crippen LogP contribution in [0.4, 0.5) is 0 Å². The number of likely N-dealkylation sites (tertiary alicyclic amines) is 1. The van der Waals surface area contributed by atoms with Gasteiger partial charge in [-0.3, -0.25) is 4.79 Å². The number of aryl methyl sites for hydroxylation is 1. The third-order valence-corrected chi connectivity index (χ3v) is 4.41. The van der Waals surface area contributed by atoms with Gasteiger partial charge in [0.1, 0.15) is 11.3 Å². The molecule has 0 radical (unpaired) electrons. The summed E-state index contributed by atoms with van der Waals surface area (Å²) in [6, 6.07) is 5.63. The van der Waals surface area contributed by atoms with Crippen molar-refractivity contribution in [2.75, 3.05) is 20.2 Å². The Morgan fingerprint density at radius 1 is 1.33 bits per heavy atom. The van der Waals surface area contributed by atoms with Crippen molar-refractivity contribution in [1.82, 2.24) is 4.90 Å². The number of hydrogen-bond donors (Lipinski definition) is 0. The maximum absolute atomic E-state index is 12.7. The number of fused-ring (bicyclic) bond motifs is 1. The first-order valence-electron chi connectivity index (χ1n) is 7.46. The first-order valence-corrected chi connectivity index (χ1v) is 7.46. The van der Waals surface area contributed by atoms with Gasteiger partial charge in [-0.05, 0) is 43.9 Å². The highest BCUT2D eigenvalue weighted by Crippen LogP contribution is 2.30. The van der Waals surface area contributed by atoms with Gasteiger partial charge in [0.25, 0.3) is 5.91 Å². The number of carbonyl (C=O) groups is 1. The van der Waals surface area contributed by atoms with Crippen molar-refractivity contribution >= 4 is 16.9 Å². The summed E-state index contributed by atoms with van der Waals surface area (Å²) >= 11 is 0. The van der Waals surface area contributed by atoms with Crippen LogP contribution in [0, 0.1) is 12.8 Å². The SMILES string of the molecule is COc1ccc2oc(C(=O)N3CCC(C)CC3)c(C)c2c1. The van der Waals surface area contributed by atoms with E-state index in [9.17, 15) is 4.79 Å². The molecule has 112 valence electrons. The van der Waals surface area contributed by atoms with Crippen molar-refractivity contribution in [1.29, 1.82) is 0 Å². The largest absolute Gasteiger partial charge is 0.497 e. The zero-order chi connectivity index (χ0) is 15.0. The molecule has 0 spiro atoms. The minimum absolute atomic E-state index is 0.00886. The highest BCUT2D eigenvalue weighted by Gasteiger charge is 2.26. The predicted octanol–water partition coefficient (Wildman–Crippen LogP) is 3.62. The van der Waals surface area contributed by atoms with Gasteiger partial charge in [-0.1, -0.05) is 6.92 Å². The van der Waals surface area contributed by atoms with Crippen LogP contribution in [0.2, 0.25) is 0 Å². The molecule has 1 aliphatic rings. The van der Waals surface area contributed by atoms with Crippen molar-refractivity contribution < 1.29 is 13.9 Å². The number of carbonyl (C=O) groups excluding carboxylic acids is 1. The molecule has 1 aromatic heterocycles. The molecule has 0 bridgehead atoms. The summed E-state index contributed by atoms with van der Waals surface area (Å²) in [7, 11) is 1.64. The number of hydrogen-bond acceptors (Lipinski definition) is 3. The van der Waals surface area contributed by atoms with Crippen LogP contribution in [-0.2, 0) is 0 Å². The molecule has 0 aliphatic carbocycles. The van der Waals surface area contributed by atoms with Gasteiger partial charge in [0, 0.05) is 24.0 Å².